The highest BCUT2D eigenvalue weighted by atomic mass is 16.3. The van der Waals surface area contributed by atoms with Crippen LogP contribution >= 0.6 is 0 Å². The van der Waals surface area contributed by atoms with E-state index in [4.69, 9.17) is 14.4 Å². The number of hydrogen-bond donors (Lipinski definition) is 0. The molecule has 0 unspecified atom stereocenters. The maximum Gasteiger partial charge on any atom is 0.235 e. The van der Waals surface area contributed by atoms with Gasteiger partial charge in [0.15, 0.2) is 11.2 Å². The first kappa shape index (κ1) is 19.2. The van der Waals surface area contributed by atoms with Crippen LogP contribution in [0.5, 0.6) is 0 Å². The van der Waals surface area contributed by atoms with E-state index in [9.17, 15) is 0 Å². The van der Waals surface area contributed by atoms with E-state index in [1.54, 1.807) is 12.4 Å². The van der Waals surface area contributed by atoms with Crippen molar-refractivity contribution in [3.8, 4) is 17.2 Å². The molecule has 0 amide bonds. The zero-order valence-corrected chi connectivity index (χ0v) is 19.0. The first-order chi connectivity index (χ1) is 17.9. The van der Waals surface area contributed by atoms with Gasteiger partial charge in [0.05, 0.1) is 16.7 Å². The predicted molar refractivity (Wildman–Crippen MR) is 142 cm³/mol. The lowest BCUT2D eigenvalue weighted by atomic mass is 10.1. The lowest BCUT2D eigenvalue weighted by molar-refractivity contribution is 0.673. The van der Waals surface area contributed by atoms with Crippen LogP contribution in [-0.4, -0.2) is 24.5 Å². The monoisotopic (exact) mass is 463 g/mol. The van der Waals surface area contributed by atoms with E-state index in [1.807, 2.05) is 42.6 Å². The van der Waals surface area contributed by atoms with E-state index >= 15 is 0 Å². The topological polar surface area (TPSA) is 69.6 Å². The van der Waals surface area contributed by atoms with Crippen molar-refractivity contribution in [1.82, 2.24) is 24.5 Å². The van der Waals surface area contributed by atoms with Crippen LogP contribution in [0.4, 0.5) is 0 Å². The summed E-state index contributed by atoms with van der Waals surface area (Å²) >= 11 is 0. The molecule has 0 aliphatic rings. The van der Waals surface area contributed by atoms with Crippen LogP contribution in [0.25, 0.3) is 72.0 Å². The van der Waals surface area contributed by atoms with Crippen molar-refractivity contribution < 1.29 is 4.42 Å². The van der Waals surface area contributed by atoms with Gasteiger partial charge in [-0.25, -0.2) is 15.0 Å². The Balaban J connectivity index is 1.53. The van der Waals surface area contributed by atoms with Crippen molar-refractivity contribution >= 4 is 54.8 Å². The largest absolute Gasteiger partial charge is 0.451 e. The highest BCUT2D eigenvalue weighted by Gasteiger charge is 2.21. The van der Waals surface area contributed by atoms with Gasteiger partial charge in [0.1, 0.15) is 11.0 Å². The van der Waals surface area contributed by atoms with Crippen LogP contribution in [0.3, 0.4) is 0 Å². The highest BCUT2D eigenvalue weighted by molar-refractivity contribution is 6.23. The number of aromatic nitrogens is 5. The lowest BCUT2D eigenvalue weighted by Gasteiger charge is -2.08. The van der Waals surface area contributed by atoms with Gasteiger partial charge in [-0.3, -0.25) is 9.55 Å². The number of benzene rings is 4. The van der Waals surface area contributed by atoms with Gasteiger partial charge in [0.2, 0.25) is 5.95 Å². The molecular formula is C30H17N5O. The molecule has 4 aromatic carbocycles. The Kier molecular flexibility index (Phi) is 3.85. The molecule has 0 saturated heterocycles. The quantitative estimate of drug-likeness (QED) is 0.274. The van der Waals surface area contributed by atoms with Crippen molar-refractivity contribution in [3.05, 3.63) is 104 Å². The fourth-order valence-electron chi connectivity index (χ4n) is 5.20. The molecule has 6 heteroatoms. The van der Waals surface area contributed by atoms with Gasteiger partial charge in [0, 0.05) is 45.7 Å². The van der Waals surface area contributed by atoms with Crippen molar-refractivity contribution in [2.24, 2.45) is 0 Å². The van der Waals surface area contributed by atoms with Crippen LogP contribution < -0.4 is 0 Å². The Morgan fingerprint density at radius 1 is 0.583 bits per heavy atom. The second kappa shape index (κ2) is 7.20. The van der Waals surface area contributed by atoms with Crippen LogP contribution in [0, 0.1) is 0 Å². The third-order valence-corrected chi connectivity index (χ3v) is 6.79. The SMILES string of the molecule is c1ccc(-c2ccnc(-n3c4ccccc4c4ccc5c6ccc7nccnc7c6oc5c43)n2)cc1. The van der Waals surface area contributed by atoms with E-state index in [0.29, 0.717) is 5.95 Å². The van der Waals surface area contributed by atoms with Gasteiger partial charge in [0.25, 0.3) is 0 Å². The molecule has 168 valence electrons. The van der Waals surface area contributed by atoms with E-state index in [1.165, 1.54) is 0 Å². The summed E-state index contributed by atoms with van der Waals surface area (Å²) in [6.07, 6.45) is 5.21. The molecule has 8 rings (SSSR count). The molecule has 0 fully saturated rings. The zero-order chi connectivity index (χ0) is 23.6. The lowest BCUT2D eigenvalue weighted by Crippen LogP contribution is -2.01. The van der Waals surface area contributed by atoms with Crippen LogP contribution in [-0.2, 0) is 0 Å². The smallest absolute Gasteiger partial charge is 0.235 e. The Bertz CT molecular complexity index is 2110. The van der Waals surface area contributed by atoms with Gasteiger partial charge in [-0.05, 0) is 30.3 Å². The van der Waals surface area contributed by atoms with Crippen molar-refractivity contribution in [3.63, 3.8) is 0 Å². The van der Waals surface area contributed by atoms with Gasteiger partial charge < -0.3 is 4.42 Å². The Morgan fingerprint density at radius 3 is 2.31 bits per heavy atom. The summed E-state index contributed by atoms with van der Waals surface area (Å²) in [5.41, 5.74) is 6.95. The minimum Gasteiger partial charge on any atom is -0.451 e. The van der Waals surface area contributed by atoms with Crippen LogP contribution in [0.2, 0.25) is 0 Å². The molecular weight excluding hydrogens is 446 g/mol. The van der Waals surface area contributed by atoms with E-state index in [0.717, 1.165) is 66.0 Å². The second-order valence-corrected chi connectivity index (χ2v) is 8.77. The average molecular weight is 464 g/mol. The number of rotatable bonds is 2. The van der Waals surface area contributed by atoms with Crippen molar-refractivity contribution in [1.29, 1.82) is 0 Å². The molecule has 8 aromatic rings. The summed E-state index contributed by atoms with van der Waals surface area (Å²) in [5.74, 6) is 0.597. The number of fused-ring (bicyclic) bond motifs is 9. The molecule has 0 radical (unpaired) electrons. The van der Waals surface area contributed by atoms with Crippen LogP contribution in [0.15, 0.2) is 108 Å². The molecule has 0 aliphatic heterocycles. The zero-order valence-electron chi connectivity index (χ0n) is 19.0. The molecule has 0 aliphatic carbocycles. The maximum atomic E-state index is 6.61. The molecule has 0 saturated carbocycles. The highest BCUT2D eigenvalue weighted by Crippen LogP contribution is 2.40. The summed E-state index contributed by atoms with van der Waals surface area (Å²) in [5, 5.41) is 4.23. The minimum atomic E-state index is 0.597. The molecule has 6 nitrogen and oxygen atoms in total. The third kappa shape index (κ3) is 2.61. The first-order valence-corrected chi connectivity index (χ1v) is 11.7. The van der Waals surface area contributed by atoms with E-state index in [-0.39, 0.29) is 0 Å². The van der Waals surface area contributed by atoms with Gasteiger partial charge >= 0.3 is 0 Å². The standard InChI is InChI=1S/C30H17N5O/c1-2-6-18(7-3-1)23-14-15-33-30(34-23)35-25-9-5-4-8-19(25)20-10-11-22-21-12-13-24-26(32-17-16-31-24)28(21)36-29(22)27(20)35/h1-17H. The fraction of sp³-hybridized carbons (Fsp3) is 0. The maximum absolute atomic E-state index is 6.61. The number of nitrogens with zero attached hydrogens (tertiary/aromatic N) is 5. The summed E-state index contributed by atoms with van der Waals surface area (Å²) in [6, 6.07) is 28.8. The summed E-state index contributed by atoms with van der Waals surface area (Å²) < 4.78 is 8.71. The average Bonchev–Trinajstić information content (AvgIpc) is 3.50. The first-order valence-electron chi connectivity index (χ1n) is 11.7. The Labute approximate surface area is 204 Å². The van der Waals surface area contributed by atoms with E-state index in [2.05, 4.69) is 63.1 Å². The van der Waals surface area contributed by atoms with Gasteiger partial charge in [-0.15, -0.1) is 0 Å². The predicted octanol–water partition coefficient (Wildman–Crippen LogP) is 7.08. The molecule has 0 bridgehead atoms. The fourth-order valence-corrected chi connectivity index (χ4v) is 5.20. The Hall–Kier alpha value is -5.10. The number of para-hydroxylation sites is 1. The second-order valence-electron chi connectivity index (χ2n) is 8.77. The van der Waals surface area contributed by atoms with E-state index < -0.39 is 0 Å². The summed E-state index contributed by atoms with van der Waals surface area (Å²) in [4.78, 5) is 18.7. The molecule has 0 N–H and O–H groups in total. The number of hydrogen-bond acceptors (Lipinski definition) is 5. The molecule has 4 aromatic heterocycles. The normalized spacial score (nSPS) is 11.9. The minimum absolute atomic E-state index is 0.597. The molecule has 36 heavy (non-hydrogen) atoms. The summed E-state index contributed by atoms with van der Waals surface area (Å²) in [7, 11) is 0. The molecule has 0 atom stereocenters. The van der Waals surface area contributed by atoms with Gasteiger partial charge in [-0.2, -0.15) is 0 Å². The van der Waals surface area contributed by atoms with Crippen LogP contribution in [0.1, 0.15) is 0 Å². The molecule has 4 heterocycles. The third-order valence-electron chi connectivity index (χ3n) is 6.79. The Morgan fingerprint density at radius 2 is 1.36 bits per heavy atom. The van der Waals surface area contributed by atoms with Crippen molar-refractivity contribution in [2.75, 3.05) is 0 Å². The number of furan rings is 1. The van der Waals surface area contributed by atoms with Gasteiger partial charge in [-0.1, -0.05) is 54.6 Å². The molecule has 0 spiro atoms. The summed E-state index contributed by atoms with van der Waals surface area (Å²) in [6.45, 7) is 0. The van der Waals surface area contributed by atoms with Crippen molar-refractivity contribution in [2.45, 2.75) is 0 Å².